The number of hydrogen-bond donors (Lipinski definition) is 1. The van der Waals surface area contributed by atoms with Crippen LogP contribution in [0, 0.1) is 0 Å². The zero-order chi connectivity index (χ0) is 19.4. The first-order chi connectivity index (χ1) is 10.3. The highest BCUT2D eigenvalue weighted by atomic mass is 32.2. The van der Waals surface area contributed by atoms with Gasteiger partial charge in [-0.15, -0.1) is 0 Å². The Labute approximate surface area is 132 Å². The molecule has 7 nitrogen and oxygen atoms in total. The Morgan fingerprint density at radius 1 is 0.833 bits per heavy atom. The van der Waals surface area contributed by atoms with E-state index in [2.05, 4.69) is 0 Å². The standard InChI is InChI=1S/C8H10F6O7S3/c9-6(10,8(13,14)24(19,20)21)7(11,12)23(17,18)5-1-3-22(15,16)4-2-5/h5H,1-4H2,(H,19,20,21). The van der Waals surface area contributed by atoms with E-state index in [4.69, 9.17) is 4.55 Å². The molecule has 1 heterocycles. The topological polar surface area (TPSA) is 123 Å². The fourth-order valence-electron chi connectivity index (χ4n) is 1.90. The van der Waals surface area contributed by atoms with Crippen LogP contribution in [0.5, 0.6) is 0 Å². The summed E-state index contributed by atoms with van der Waals surface area (Å²) in [7, 11) is -17.3. The van der Waals surface area contributed by atoms with Crippen LogP contribution in [0.25, 0.3) is 0 Å². The van der Waals surface area contributed by atoms with Gasteiger partial charge < -0.3 is 0 Å². The maximum atomic E-state index is 13.6. The molecule has 1 fully saturated rings. The molecule has 0 atom stereocenters. The predicted molar refractivity (Wildman–Crippen MR) is 67.0 cm³/mol. The van der Waals surface area contributed by atoms with Crippen molar-refractivity contribution in [3.63, 3.8) is 0 Å². The third-order valence-corrected chi connectivity index (χ3v) is 8.29. The molecular weight excluding hydrogens is 418 g/mol. The second kappa shape index (κ2) is 5.70. The third-order valence-electron chi connectivity index (χ3n) is 3.35. The van der Waals surface area contributed by atoms with Crippen LogP contribution in [0.15, 0.2) is 0 Å². The Morgan fingerprint density at radius 3 is 1.54 bits per heavy atom. The highest BCUT2D eigenvalue weighted by Crippen LogP contribution is 2.52. The van der Waals surface area contributed by atoms with Crippen molar-refractivity contribution in [1.29, 1.82) is 0 Å². The molecule has 0 spiro atoms. The average molecular weight is 428 g/mol. The number of halogens is 6. The van der Waals surface area contributed by atoms with Crippen molar-refractivity contribution < 1.29 is 56.1 Å². The minimum Gasteiger partial charge on any atom is -0.281 e. The summed E-state index contributed by atoms with van der Waals surface area (Å²) in [5.41, 5.74) is 0. The Kier molecular flexibility index (Phi) is 5.09. The lowest BCUT2D eigenvalue weighted by atomic mass is 10.2. The van der Waals surface area contributed by atoms with Gasteiger partial charge in [-0.05, 0) is 12.8 Å². The summed E-state index contributed by atoms with van der Waals surface area (Å²) in [5, 5.41) is -15.8. The molecule has 0 aromatic rings. The average Bonchev–Trinajstić information content (AvgIpc) is 2.36. The molecule has 16 heteroatoms. The largest absolute Gasteiger partial charge is 0.439 e. The van der Waals surface area contributed by atoms with E-state index in [1.165, 1.54) is 0 Å². The second-order valence-corrected chi connectivity index (χ2v) is 11.0. The number of hydrogen-bond acceptors (Lipinski definition) is 6. The molecule has 0 aromatic heterocycles. The van der Waals surface area contributed by atoms with Gasteiger partial charge in [0.2, 0.25) is 9.84 Å². The number of sulfone groups is 2. The van der Waals surface area contributed by atoms with Gasteiger partial charge in [0.1, 0.15) is 9.84 Å². The van der Waals surface area contributed by atoms with E-state index in [1.54, 1.807) is 0 Å². The van der Waals surface area contributed by atoms with Crippen molar-refractivity contribution in [2.75, 3.05) is 11.5 Å². The summed E-state index contributed by atoms with van der Waals surface area (Å²) >= 11 is 0. The quantitative estimate of drug-likeness (QED) is 0.505. The lowest BCUT2D eigenvalue weighted by molar-refractivity contribution is -0.245. The predicted octanol–water partition coefficient (Wildman–Crippen LogP) is 0.687. The van der Waals surface area contributed by atoms with Crippen molar-refractivity contribution in [1.82, 2.24) is 0 Å². The maximum Gasteiger partial charge on any atom is 0.439 e. The van der Waals surface area contributed by atoms with Crippen molar-refractivity contribution in [3.8, 4) is 0 Å². The van der Waals surface area contributed by atoms with Gasteiger partial charge in [-0.25, -0.2) is 16.8 Å². The molecule has 1 aliphatic heterocycles. The normalized spacial score (nSPS) is 21.6. The SMILES string of the molecule is O=S1(=O)CCC(S(=O)(=O)C(F)(F)C(F)(F)C(F)(F)S(=O)(=O)O)CC1. The molecule has 1 rings (SSSR count). The van der Waals surface area contributed by atoms with E-state index in [0.29, 0.717) is 0 Å². The van der Waals surface area contributed by atoms with Crippen molar-refractivity contribution in [2.45, 2.75) is 34.5 Å². The molecule has 0 bridgehead atoms. The monoisotopic (exact) mass is 428 g/mol. The van der Waals surface area contributed by atoms with Gasteiger partial charge in [-0.1, -0.05) is 0 Å². The Hall–Kier alpha value is -0.610. The fraction of sp³-hybridized carbons (Fsp3) is 1.00. The van der Waals surface area contributed by atoms with Gasteiger partial charge in [-0.2, -0.15) is 34.8 Å². The highest BCUT2D eigenvalue weighted by Gasteiger charge is 2.82. The third kappa shape index (κ3) is 3.12. The minimum atomic E-state index is -7.08. The molecule has 0 saturated carbocycles. The summed E-state index contributed by atoms with van der Waals surface area (Å²) in [5.74, 6) is -8.90. The summed E-state index contributed by atoms with van der Waals surface area (Å²) in [6, 6.07) is 0. The van der Waals surface area contributed by atoms with Crippen LogP contribution in [0.1, 0.15) is 12.8 Å². The van der Waals surface area contributed by atoms with Crippen LogP contribution in [0.4, 0.5) is 26.3 Å². The van der Waals surface area contributed by atoms with E-state index < -0.39 is 75.8 Å². The van der Waals surface area contributed by atoms with Gasteiger partial charge in [-0.3, -0.25) is 4.55 Å². The summed E-state index contributed by atoms with van der Waals surface area (Å²) < 4.78 is 154. The van der Waals surface area contributed by atoms with Gasteiger partial charge >= 0.3 is 26.5 Å². The molecule has 144 valence electrons. The van der Waals surface area contributed by atoms with E-state index in [1.807, 2.05) is 0 Å². The van der Waals surface area contributed by atoms with Gasteiger partial charge in [0, 0.05) is 0 Å². The first-order valence-electron chi connectivity index (χ1n) is 5.85. The van der Waals surface area contributed by atoms with Gasteiger partial charge in [0.25, 0.3) is 0 Å². The smallest absolute Gasteiger partial charge is 0.281 e. The zero-order valence-corrected chi connectivity index (χ0v) is 13.7. The lowest BCUT2D eigenvalue weighted by Crippen LogP contribution is -2.62. The second-order valence-electron chi connectivity index (χ2n) is 4.98. The van der Waals surface area contributed by atoms with Crippen LogP contribution in [0.2, 0.25) is 0 Å². The van der Waals surface area contributed by atoms with E-state index >= 15 is 0 Å². The van der Waals surface area contributed by atoms with Crippen LogP contribution in [-0.2, 0) is 29.8 Å². The molecule has 0 aromatic carbocycles. The minimum absolute atomic E-state index is 0.951. The fourth-order valence-corrected chi connectivity index (χ4v) is 5.97. The first kappa shape index (κ1) is 21.4. The van der Waals surface area contributed by atoms with E-state index in [0.717, 1.165) is 0 Å². The van der Waals surface area contributed by atoms with Crippen LogP contribution in [-0.4, -0.2) is 63.0 Å². The molecule has 1 aliphatic rings. The number of alkyl halides is 6. The van der Waals surface area contributed by atoms with Gasteiger partial charge in [0.05, 0.1) is 16.8 Å². The van der Waals surface area contributed by atoms with Crippen LogP contribution >= 0.6 is 0 Å². The Bertz CT molecular complexity index is 800. The van der Waals surface area contributed by atoms with Crippen molar-refractivity contribution in [3.05, 3.63) is 0 Å². The maximum absolute atomic E-state index is 13.6. The van der Waals surface area contributed by atoms with E-state index in [9.17, 15) is 51.6 Å². The van der Waals surface area contributed by atoms with Crippen LogP contribution in [0.3, 0.4) is 0 Å². The van der Waals surface area contributed by atoms with Crippen molar-refractivity contribution in [2.24, 2.45) is 0 Å². The van der Waals surface area contributed by atoms with Crippen molar-refractivity contribution >= 4 is 29.8 Å². The molecule has 0 unspecified atom stereocenters. The summed E-state index contributed by atoms with van der Waals surface area (Å²) in [6.45, 7) is 0. The lowest BCUT2D eigenvalue weighted by Gasteiger charge is -2.33. The van der Waals surface area contributed by atoms with E-state index in [-0.39, 0.29) is 0 Å². The molecule has 1 N–H and O–H groups in total. The zero-order valence-electron chi connectivity index (χ0n) is 11.3. The molecule has 0 aliphatic carbocycles. The van der Waals surface area contributed by atoms with Crippen LogP contribution < -0.4 is 0 Å². The Balaban J connectivity index is 3.37. The molecular formula is C8H10F6O7S3. The molecule has 1 saturated heterocycles. The highest BCUT2D eigenvalue weighted by molar-refractivity contribution is 7.94. The number of rotatable bonds is 5. The summed E-state index contributed by atoms with van der Waals surface area (Å²) in [6.07, 6.45) is -2.10. The summed E-state index contributed by atoms with van der Waals surface area (Å²) in [4.78, 5) is 0. The molecule has 0 radical (unpaired) electrons. The molecule has 24 heavy (non-hydrogen) atoms. The Morgan fingerprint density at radius 2 is 1.21 bits per heavy atom. The first-order valence-corrected chi connectivity index (χ1v) is 10.7. The molecule has 0 amide bonds. The van der Waals surface area contributed by atoms with Gasteiger partial charge in [0.15, 0.2) is 0 Å².